The number of hydrogen-bond acceptors (Lipinski definition) is 5. The molecule has 1 rings (SSSR count). The van der Waals surface area contributed by atoms with E-state index in [4.69, 9.17) is 10.8 Å². The summed E-state index contributed by atoms with van der Waals surface area (Å²) in [6.07, 6.45) is 1.59. The minimum absolute atomic E-state index is 0.222. The molecule has 1 aromatic rings. The van der Waals surface area contributed by atoms with Crippen LogP contribution in [0.4, 0.5) is 11.5 Å². The van der Waals surface area contributed by atoms with Gasteiger partial charge in [0.05, 0.1) is 12.3 Å². The minimum atomic E-state index is -1.15. The molecule has 5 heteroatoms. The molecule has 0 aliphatic carbocycles. The van der Waals surface area contributed by atoms with Crippen molar-refractivity contribution >= 4 is 11.5 Å². The zero-order valence-electron chi connectivity index (χ0n) is 8.07. The first-order valence-electron chi connectivity index (χ1n) is 4.33. The molecule has 0 spiro atoms. The smallest absolute Gasteiger partial charge is 0.146 e. The first-order chi connectivity index (χ1) is 6.55. The molecule has 0 bridgehead atoms. The van der Waals surface area contributed by atoms with Crippen molar-refractivity contribution in [3.63, 3.8) is 0 Å². The maximum Gasteiger partial charge on any atom is 0.146 e. The first-order valence-corrected chi connectivity index (χ1v) is 4.33. The molecule has 0 amide bonds. The second kappa shape index (κ2) is 4.26. The van der Waals surface area contributed by atoms with Crippen LogP contribution in [0.3, 0.4) is 0 Å². The average Bonchev–Trinajstić information content (AvgIpc) is 2.17. The van der Waals surface area contributed by atoms with Gasteiger partial charge in [-0.15, -0.1) is 0 Å². The second-order valence-electron chi connectivity index (χ2n) is 3.44. The number of pyridine rings is 1. The Kier molecular flexibility index (Phi) is 3.27. The highest BCUT2D eigenvalue weighted by Crippen LogP contribution is 2.14. The van der Waals surface area contributed by atoms with Crippen LogP contribution in [0.2, 0.25) is 0 Å². The molecule has 0 saturated heterocycles. The van der Waals surface area contributed by atoms with Crippen LogP contribution < -0.4 is 11.1 Å². The summed E-state index contributed by atoms with van der Waals surface area (Å²) in [5.74, 6) is 0.376. The molecule has 78 valence electrons. The van der Waals surface area contributed by atoms with Crippen molar-refractivity contribution in [3.8, 4) is 0 Å². The van der Waals surface area contributed by atoms with Gasteiger partial charge in [0, 0.05) is 12.7 Å². The van der Waals surface area contributed by atoms with E-state index in [2.05, 4.69) is 10.3 Å². The van der Waals surface area contributed by atoms with Gasteiger partial charge in [-0.1, -0.05) is 0 Å². The Hall–Kier alpha value is -1.33. The van der Waals surface area contributed by atoms with Crippen molar-refractivity contribution in [3.05, 3.63) is 18.3 Å². The predicted octanol–water partition coefficient (Wildman–Crippen LogP) is -0.181. The van der Waals surface area contributed by atoms with Crippen molar-refractivity contribution < 1.29 is 10.2 Å². The number of rotatable bonds is 4. The highest BCUT2D eigenvalue weighted by Gasteiger charge is 2.18. The third-order valence-electron chi connectivity index (χ3n) is 1.84. The number of nitrogens with zero attached hydrogens (tertiary/aromatic N) is 1. The van der Waals surface area contributed by atoms with Gasteiger partial charge >= 0.3 is 0 Å². The number of nitrogen functional groups attached to an aromatic ring is 1. The Morgan fingerprint density at radius 2 is 2.36 bits per heavy atom. The molecule has 0 aliphatic rings. The van der Waals surface area contributed by atoms with Gasteiger partial charge < -0.3 is 21.3 Å². The van der Waals surface area contributed by atoms with Crippen molar-refractivity contribution in [1.29, 1.82) is 0 Å². The Labute approximate surface area is 82.6 Å². The molecule has 1 heterocycles. The van der Waals surface area contributed by atoms with Gasteiger partial charge in [-0.2, -0.15) is 0 Å². The van der Waals surface area contributed by atoms with E-state index in [9.17, 15) is 5.11 Å². The molecule has 0 fully saturated rings. The molecule has 0 aliphatic heterocycles. The lowest BCUT2D eigenvalue weighted by Crippen LogP contribution is -2.37. The van der Waals surface area contributed by atoms with E-state index in [0.29, 0.717) is 11.5 Å². The van der Waals surface area contributed by atoms with Crippen LogP contribution in [-0.2, 0) is 0 Å². The molecule has 5 nitrogen and oxygen atoms in total. The summed E-state index contributed by atoms with van der Waals surface area (Å²) in [6.45, 7) is 1.45. The van der Waals surface area contributed by atoms with Crippen LogP contribution in [0.15, 0.2) is 18.3 Å². The lowest BCUT2D eigenvalue weighted by Gasteiger charge is -2.21. The molecule has 1 atom stereocenters. The van der Waals surface area contributed by atoms with E-state index < -0.39 is 5.60 Å². The summed E-state index contributed by atoms with van der Waals surface area (Å²) in [5.41, 5.74) is 5.08. The fourth-order valence-electron chi connectivity index (χ4n) is 0.909. The van der Waals surface area contributed by atoms with E-state index >= 15 is 0 Å². The molecular weight excluding hydrogens is 182 g/mol. The Morgan fingerprint density at radius 1 is 1.64 bits per heavy atom. The van der Waals surface area contributed by atoms with Crippen molar-refractivity contribution in [1.82, 2.24) is 4.98 Å². The Balaban J connectivity index is 2.58. The van der Waals surface area contributed by atoms with Crippen molar-refractivity contribution in [2.24, 2.45) is 0 Å². The normalized spacial score (nSPS) is 14.8. The molecule has 1 aromatic heterocycles. The van der Waals surface area contributed by atoms with Crippen molar-refractivity contribution in [2.45, 2.75) is 12.5 Å². The zero-order valence-corrected chi connectivity index (χ0v) is 8.07. The minimum Gasteiger partial charge on any atom is -0.393 e. The monoisotopic (exact) mass is 197 g/mol. The van der Waals surface area contributed by atoms with Crippen LogP contribution in [-0.4, -0.2) is 33.9 Å². The van der Waals surface area contributed by atoms with Crippen LogP contribution in [0, 0.1) is 0 Å². The number of aliphatic hydroxyl groups excluding tert-OH is 1. The third kappa shape index (κ3) is 2.86. The summed E-state index contributed by atoms with van der Waals surface area (Å²) in [7, 11) is 0. The van der Waals surface area contributed by atoms with Crippen molar-refractivity contribution in [2.75, 3.05) is 24.2 Å². The summed E-state index contributed by atoms with van der Waals surface area (Å²) in [4.78, 5) is 3.88. The molecule has 1 unspecified atom stereocenters. The number of anilines is 2. The summed E-state index contributed by atoms with van der Waals surface area (Å²) < 4.78 is 0. The fourth-order valence-corrected chi connectivity index (χ4v) is 0.909. The maximum atomic E-state index is 9.50. The van der Waals surface area contributed by atoms with E-state index in [-0.39, 0.29) is 13.2 Å². The lowest BCUT2D eigenvalue weighted by molar-refractivity contribution is 0.0132. The van der Waals surface area contributed by atoms with Gasteiger partial charge in [0.15, 0.2) is 0 Å². The van der Waals surface area contributed by atoms with E-state index in [0.717, 1.165) is 0 Å². The van der Waals surface area contributed by atoms with Gasteiger partial charge in [-0.05, 0) is 19.1 Å². The van der Waals surface area contributed by atoms with E-state index in [1.807, 2.05) is 0 Å². The van der Waals surface area contributed by atoms with Gasteiger partial charge in [0.25, 0.3) is 0 Å². The van der Waals surface area contributed by atoms with Gasteiger partial charge in [-0.25, -0.2) is 4.98 Å². The largest absolute Gasteiger partial charge is 0.393 e. The quantitative estimate of drug-likeness (QED) is 0.537. The SMILES string of the molecule is CC(O)(CO)CNc1cccnc1N. The van der Waals surface area contributed by atoms with Gasteiger partial charge in [0.2, 0.25) is 0 Å². The maximum absolute atomic E-state index is 9.50. The van der Waals surface area contributed by atoms with Crippen LogP contribution in [0.5, 0.6) is 0 Å². The molecule has 0 radical (unpaired) electrons. The van der Waals surface area contributed by atoms with Crippen LogP contribution >= 0.6 is 0 Å². The highest BCUT2D eigenvalue weighted by molar-refractivity contribution is 5.60. The average molecular weight is 197 g/mol. The number of aliphatic hydroxyl groups is 2. The Bertz CT molecular complexity index is 302. The van der Waals surface area contributed by atoms with E-state index in [1.54, 1.807) is 18.3 Å². The standard InChI is InChI=1S/C9H15N3O2/c1-9(14,6-13)5-12-7-3-2-4-11-8(7)10/h2-4,12-14H,5-6H2,1H3,(H2,10,11). The van der Waals surface area contributed by atoms with E-state index in [1.165, 1.54) is 6.92 Å². The van der Waals surface area contributed by atoms with Gasteiger partial charge in [-0.3, -0.25) is 0 Å². The number of nitrogens with two attached hydrogens (primary N) is 1. The third-order valence-corrected chi connectivity index (χ3v) is 1.84. The lowest BCUT2D eigenvalue weighted by atomic mass is 10.1. The number of hydrogen-bond donors (Lipinski definition) is 4. The second-order valence-corrected chi connectivity index (χ2v) is 3.44. The summed E-state index contributed by atoms with van der Waals surface area (Å²) in [6, 6.07) is 3.50. The number of aromatic nitrogens is 1. The van der Waals surface area contributed by atoms with Gasteiger partial charge in [0.1, 0.15) is 11.4 Å². The predicted molar refractivity (Wildman–Crippen MR) is 54.8 cm³/mol. The summed E-state index contributed by atoms with van der Waals surface area (Å²) in [5, 5.41) is 21.2. The Morgan fingerprint density at radius 3 is 2.93 bits per heavy atom. The highest BCUT2D eigenvalue weighted by atomic mass is 16.3. The zero-order chi connectivity index (χ0) is 10.6. The molecule has 0 saturated carbocycles. The topological polar surface area (TPSA) is 91.4 Å². The fraction of sp³-hybridized carbons (Fsp3) is 0.444. The van der Waals surface area contributed by atoms with Crippen LogP contribution in [0.25, 0.3) is 0 Å². The molecule has 0 aromatic carbocycles. The van der Waals surface area contributed by atoms with Crippen LogP contribution in [0.1, 0.15) is 6.92 Å². The summed E-state index contributed by atoms with van der Waals surface area (Å²) >= 11 is 0. The molecular formula is C9H15N3O2. The molecule has 14 heavy (non-hydrogen) atoms. The number of nitrogens with one attached hydrogen (secondary N) is 1. The molecule has 5 N–H and O–H groups in total. The first kappa shape index (κ1) is 10.7.